The van der Waals surface area contributed by atoms with E-state index in [1.807, 2.05) is 0 Å². The van der Waals surface area contributed by atoms with Crippen LogP contribution in [0.2, 0.25) is 5.02 Å². The van der Waals surface area contributed by atoms with Gasteiger partial charge in [0.05, 0.1) is 5.69 Å². The number of rotatable bonds is 2. The highest BCUT2D eigenvalue weighted by molar-refractivity contribution is 6.36. The summed E-state index contributed by atoms with van der Waals surface area (Å²) in [5, 5.41) is 9.03. The molecule has 0 atom stereocenters. The lowest BCUT2D eigenvalue weighted by atomic mass is 10.1. The molecule has 1 heterocycles. The van der Waals surface area contributed by atoms with Crippen molar-refractivity contribution in [1.29, 1.82) is 5.26 Å². The third kappa shape index (κ3) is 2.71. The van der Waals surface area contributed by atoms with Crippen LogP contribution in [-0.2, 0) is 9.59 Å². The van der Waals surface area contributed by atoms with E-state index in [1.54, 1.807) is 38.1 Å². The molecule has 0 bridgehead atoms. The van der Waals surface area contributed by atoms with E-state index in [0.717, 1.165) is 4.90 Å². The van der Waals surface area contributed by atoms with Gasteiger partial charge in [-0.15, -0.1) is 0 Å². The Bertz CT molecular complexity index is 733. The van der Waals surface area contributed by atoms with Crippen molar-refractivity contribution in [2.75, 3.05) is 4.90 Å². The predicted molar refractivity (Wildman–Crippen MR) is 81.8 cm³/mol. The average molecular weight is 321 g/mol. The maximum atomic E-state index is 12.1. The first kappa shape index (κ1) is 15.3. The number of allylic oxidation sites excluding steroid dienone is 1. The van der Waals surface area contributed by atoms with Gasteiger partial charge in [-0.3, -0.25) is 9.59 Å². The Morgan fingerprint density at radius 1 is 1.24 bits per heavy atom. The van der Waals surface area contributed by atoms with Gasteiger partial charge in [0.15, 0.2) is 0 Å². The normalized spacial score (nSPS) is 15.8. The molecule has 0 aromatic heterocycles. The Kier molecular flexibility index (Phi) is 4.17. The van der Waals surface area contributed by atoms with Crippen LogP contribution in [0.25, 0.3) is 6.08 Å². The van der Waals surface area contributed by atoms with E-state index < -0.39 is 0 Å². The van der Waals surface area contributed by atoms with E-state index in [1.165, 1.54) is 6.08 Å². The summed E-state index contributed by atoms with van der Waals surface area (Å²) in [5.41, 5.74) is 1.69. The number of halogens is 2. The fraction of sp³-hybridized carbons (Fsp3) is 0.133. The minimum atomic E-state index is -0.360. The van der Waals surface area contributed by atoms with Crippen LogP contribution in [0.1, 0.15) is 19.4 Å². The highest BCUT2D eigenvalue weighted by Crippen LogP contribution is 2.30. The Labute approximate surface area is 131 Å². The Balaban J connectivity index is 2.49. The van der Waals surface area contributed by atoms with Gasteiger partial charge in [0.2, 0.25) is 0 Å². The van der Waals surface area contributed by atoms with E-state index in [4.69, 9.17) is 28.5 Å². The zero-order chi connectivity index (χ0) is 15.7. The van der Waals surface area contributed by atoms with Crippen LogP contribution in [0.15, 0.2) is 34.4 Å². The van der Waals surface area contributed by atoms with Crippen LogP contribution in [0.4, 0.5) is 5.69 Å². The predicted octanol–water partition coefficient (Wildman–Crippen LogP) is 3.65. The summed E-state index contributed by atoms with van der Waals surface area (Å²) in [5.74, 6) is -0.720. The van der Waals surface area contributed by atoms with Crippen molar-refractivity contribution in [2.24, 2.45) is 0 Å². The van der Waals surface area contributed by atoms with Crippen molar-refractivity contribution in [3.63, 3.8) is 0 Å². The van der Waals surface area contributed by atoms with Gasteiger partial charge in [-0.1, -0.05) is 23.2 Å². The zero-order valence-corrected chi connectivity index (χ0v) is 12.8. The molecule has 1 aliphatic heterocycles. The summed E-state index contributed by atoms with van der Waals surface area (Å²) >= 11 is 11.7. The van der Waals surface area contributed by atoms with Gasteiger partial charge in [-0.05, 0) is 43.7 Å². The molecule has 0 aliphatic carbocycles. The average Bonchev–Trinajstić information content (AvgIpc) is 2.65. The highest BCUT2D eigenvalue weighted by atomic mass is 35.5. The van der Waals surface area contributed by atoms with E-state index >= 15 is 0 Å². The summed E-state index contributed by atoms with van der Waals surface area (Å²) in [7, 11) is 0. The number of benzene rings is 1. The number of imide groups is 1. The van der Waals surface area contributed by atoms with Crippen LogP contribution in [0, 0.1) is 11.3 Å². The highest BCUT2D eigenvalue weighted by Gasteiger charge is 2.34. The van der Waals surface area contributed by atoms with E-state index in [2.05, 4.69) is 0 Å². The van der Waals surface area contributed by atoms with Crippen LogP contribution < -0.4 is 4.90 Å². The standard InChI is InChI=1S/C15H10Cl2N2O2/c1-8-9(2)15(21)19(14(8)20)12-3-4-13(17)10(6-12)5-11(16)7-18/h3-6H,1-2H3. The van der Waals surface area contributed by atoms with E-state index in [0.29, 0.717) is 27.4 Å². The van der Waals surface area contributed by atoms with Gasteiger partial charge < -0.3 is 0 Å². The molecule has 0 saturated carbocycles. The molecule has 2 rings (SSSR count). The first-order chi connectivity index (χ1) is 9.86. The zero-order valence-electron chi connectivity index (χ0n) is 11.3. The molecule has 0 fully saturated rings. The number of hydrogen-bond acceptors (Lipinski definition) is 3. The number of hydrogen-bond donors (Lipinski definition) is 0. The van der Waals surface area contributed by atoms with Gasteiger partial charge in [-0.2, -0.15) is 5.26 Å². The monoisotopic (exact) mass is 320 g/mol. The molecule has 2 amide bonds. The molecule has 1 aliphatic rings. The maximum Gasteiger partial charge on any atom is 0.261 e. The fourth-order valence-corrected chi connectivity index (χ4v) is 2.22. The molecule has 0 saturated heterocycles. The van der Waals surface area contributed by atoms with Crippen molar-refractivity contribution >= 4 is 46.8 Å². The molecule has 0 N–H and O–H groups in total. The molecular formula is C15H10Cl2N2O2. The quantitative estimate of drug-likeness (QED) is 0.617. The Morgan fingerprint density at radius 3 is 2.33 bits per heavy atom. The number of anilines is 1. The minimum absolute atomic E-state index is 0.0430. The molecular weight excluding hydrogens is 311 g/mol. The molecule has 106 valence electrons. The number of carbonyl (C=O) groups excluding carboxylic acids is 2. The minimum Gasteiger partial charge on any atom is -0.269 e. The Hall–Kier alpha value is -2.09. The van der Waals surface area contributed by atoms with Gasteiger partial charge >= 0.3 is 0 Å². The summed E-state index contributed by atoms with van der Waals surface area (Å²) < 4.78 is 0. The topological polar surface area (TPSA) is 61.2 Å². The van der Waals surface area contributed by atoms with Gasteiger partial charge in [-0.25, -0.2) is 4.90 Å². The van der Waals surface area contributed by atoms with Crippen molar-refractivity contribution in [3.05, 3.63) is 45.0 Å². The molecule has 1 aromatic rings. The fourth-order valence-electron chi connectivity index (χ4n) is 1.93. The second-order valence-electron chi connectivity index (χ2n) is 4.51. The second kappa shape index (κ2) is 5.72. The van der Waals surface area contributed by atoms with E-state index in [9.17, 15) is 9.59 Å². The summed E-state index contributed by atoms with van der Waals surface area (Å²) in [6.07, 6.45) is 1.38. The lowest BCUT2D eigenvalue weighted by Gasteiger charge is -2.16. The Morgan fingerprint density at radius 2 is 1.81 bits per heavy atom. The first-order valence-electron chi connectivity index (χ1n) is 6.00. The number of nitrogens with zero attached hydrogens (tertiary/aromatic N) is 2. The van der Waals surface area contributed by atoms with Crippen molar-refractivity contribution in [1.82, 2.24) is 0 Å². The van der Waals surface area contributed by atoms with Crippen LogP contribution >= 0.6 is 23.2 Å². The lowest BCUT2D eigenvalue weighted by molar-refractivity contribution is -0.120. The van der Waals surface area contributed by atoms with Gasteiger partial charge in [0, 0.05) is 16.2 Å². The van der Waals surface area contributed by atoms with Crippen LogP contribution in [-0.4, -0.2) is 11.8 Å². The first-order valence-corrected chi connectivity index (χ1v) is 6.75. The maximum absolute atomic E-state index is 12.1. The van der Waals surface area contributed by atoms with Crippen molar-refractivity contribution in [3.8, 4) is 6.07 Å². The lowest BCUT2D eigenvalue weighted by Crippen LogP contribution is -2.31. The van der Waals surface area contributed by atoms with Crippen molar-refractivity contribution < 1.29 is 9.59 Å². The summed E-state index contributed by atoms with van der Waals surface area (Å²) in [6, 6.07) is 6.44. The van der Waals surface area contributed by atoms with Crippen LogP contribution in [0.5, 0.6) is 0 Å². The number of amides is 2. The molecule has 4 nitrogen and oxygen atoms in total. The second-order valence-corrected chi connectivity index (χ2v) is 5.32. The molecule has 6 heteroatoms. The molecule has 0 spiro atoms. The molecule has 0 unspecified atom stereocenters. The third-order valence-electron chi connectivity index (χ3n) is 3.24. The largest absolute Gasteiger partial charge is 0.269 e. The number of nitriles is 1. The van der Waals surface area contributed by atoms with Gasteiger partial charge in [0.25, 0.3) is 11.8 Å². The van der Waals surface area contributed by atoms with E-state index in [-0.39, 0.29) is 16.8 Å². The third-order valence-corrected chi connectivity index (χ3v) is 3.77. The molecule has 21 heavy (non-hydrogen) atoms. The molecule has 1 aromatic carbocycles. The summed E-state index contributed by atoms with van der Waals surface area (Å²) in [4.78, 5) is 25.3. The smallest absolute Gasteiger partial charge is 0.261 e. The number of carbonyl (C=O) groups is 2. The van der Waals surface area contributed by atoms with Crippen molar-refractivity contribution in [2.45, 2.75) is 13.8 Å². The molecule has 0 radical (unpaired) electrons. The van der Waals surface area contributed by atoms with Crippen LogP contribution in [0.3, 0.4) is 0 Å². The van der Waals surface area contributed by atoms with Gasteiger partial charge in [0.1, 0.15) is 11.1 Å². The SMILES string of the molecule is CC1=C(C)C(=O)N(c2ccc(Cl)c(C=C(Cl)C#N)c2)C1=O. The summed E-state index contributed by atoms with van der Waals surface area (Å²) in [6.45, 7) is 3.22.